The van der Waals surface area contributed by atoms with Crippen molar-refractivity contribution in [3.63, 3.8) is 0 Å². The van der Waals surface area contributed by atoms with Crippen molar-refractivity contribution in [3.05, 3.63) is 12.7 Å². The van der Waals surface area contributed by atoms with E-state index in [1.807, 2.05) is 0 Å². The minimum Gasteiger partial charge on any atom is -0.465 e. The highest BCUT2D eigenvalue weighted by Crippen LogP contribution is 1.74. The molecule has 0 saturated heterocycles. The molecule has 0 fully saturated rings. The Labute approximate surface area is 74.2 Å². The van der Waals surface area contributed by atoms with Crippen molar-refractivity contribution in [2.45, 2.75) is 0 Å². The first kappa shape index (κ1) is 10.8. The van der Waals surface area contributed by atoms with Gasteiger partial charge in [0, 0.05) is 6.08 Å². The first-order valence-corrected chi connectivity index (χ1v) is 7.58. The largest absolute Gasteiger partial charge is 0.465 e. The maximum Gasteiger partial charge on any atom is 0.329 e. The molecule has 0 bridgehead atoms. The van der Waals surface area contributed by atoms with Crippen LogP contribution in [0.2, 0.25) is 0 Å². The van der Waals surface area contributed by atoms with Crippen molar-refractivity contribution in [2.24, 2.45) is 0 Å². The Morgan fingerprint density at radius 1 is 1.82 bits per heavy atom. The number of hydrogen-bond acceptors (Lipinski definition) is 4. The average molecular weight is 206 g/mol. The van der Waals surface area contributed by atoms with Crippen molar-refractivity contribution in [1.82, 2.24) is 9.30 Å². The first-order valence-electron chi connectivity index (χ1n) is 3.45. The molecule has 0 unspecified atom stereocenters. The monoisotopic (exact) mass is 206 g/mol. The molecule has 64 valence electrons. The molecule has 0 spiro atoms. The number of nitrogens with one attached hydrogen (secondary N) is 2. The Morgan fingerprint density at radius 2 is 2.55 bits per heavy atom. The van der Waals surface area contributed by atoms with Gasteiger partial charge in [-0.3, -0.25) is 0 Å². The third kappa shape index (κ3) is 7.68. The molecule has 0 aliphatic carbocycles. The van der Waals surface area contributed by atoms with Gasteiger partial charge in [-0.2, -0.15) is 0 Å². The van der Waals surface area contributed by atoms with Crippen LogP contribution in [0.3, 0.4) is 0 Å². The zero-order valence-corrected chi connectivity index (χ0v) is 11.6. The topological polar surface area (TPSA) is 50.4 Å². The van der Waals surface area contributed by atoms with Crippen LogP contribution in [-0.4, -0.2) is 42.1 Å². The van der Waals surface area contributed by atoms with Crippen LogP contribution in [-0.2, 0) is 9.53 Å². The summed E-state index contributed by atoms with van der Waals surface area (Å²) in [5.74, 6) is -0.320. The van der Waals surface area contributed by atoms with Gasteiger partial charge in [0.2, 0.25) is 0 Å². The van der Waals surface area contributed by atoms with Crippen molar-refractivity contribution in [1.29, 1.82) is 0 Å². The quantitative estimate of drug-likeness (QED) is 0.203. The minimum absolute atomic E-state index is 0.223. The highest BCUT2D eigenvalue weighted by Gasteiger charge is 1.93. The fourth-order valence-corrected chi connectivity index (χ4v) is 5.33. The molecule has 0 aliphatic heterocycles. The SMILES string of the molecule is C=CC(=O)OC[SiH2]N[SiH2]N[SiH3]. The molecule has 0 rings (SSSR count). The normalized spacial score (nSPS) is 11.6. The molecule has 7 heteroatoms. The average Bonchev–Trinajstić information content (AvgIpc) is 2.04. The van der Waals surface area contributed by atoms with Gasteiger partial charge in [0.25, 0.3) is 0 Å². The zero-order chi connectivity index (χ0) is 8.53. The van der Waals surface area contributed by atoms with E-state index < -0.39 is 0 Å². The van der Waals surface area contributed by atoms with Crippen molar-refractivity contribution in [2.75, 3.05) is 6.23 Å². The van der Waals surface area contributed by atoms with Crippen LogP contribution >= 0.6 is 0 Å². The minimum atomic E-state index is -0.371. The Bertz CT molecular complexity index is 133. The fourth-order valence-electron chi connectivity index (χ4n) is 0.496. The molecular weight excluding hydrogens is 192 g/mol. The number of carbonyl (C=O) groups is 1. The van der Waals surface area contributed by atoms with Gasteiger partial charge in [-0.25, -0.2) is 4.79 Å². The Kier molecular flexibility index (Phi) is 7.73. The molecular formula is C4H14N2O2Si3. The summed E-state index contributed by atoms with van der Waals surface area (Å²) >= 11 is 0. The van der Waals surface area contributed by atoms with Crippen LogP contribution in [0.15, 0.2) is 12.7 Å². The second-order valence-electron chi connectivity index (χ2n) is 1.90. The summed E-state index contributed by atoms with van der Waals surface area (Å²) < 4.78 is 11.3. The van der Waals surface area contributed by atoms with Crippen LogP contribution in [0.1, 0.15) is 0 Å². The summed E-state index contributed by atoms with van der Waals surface area (Å²) in [6, 6.07) is 0. The van der Waals surface area contributed by atoms with Gasteiger partial charge in [-0.1, -0.05) is 6.58 Å². The van der Waals surface area contributed by atoms with E-state index in [0.717, 1.165) is 10.4 Å². The third-order valence-corrected chi connectivity index (χ3v) is 5.23. The van der Waals surface area contributed by atoms with Crippen molar-refractivity contribution < 1.29 is 9.53 Å². The van der Waals surface area contributed by atoms with Crippen molar-refractivity contribution in [3.8, 4) is 0 Å². The Morgan fingerprint density at radius 3 is 3.09 bits per heavy atom. The molecule has 4 nitrogen and oxygen atoms in total. The van der Waals surface area contributed by atoms with E-state index in [0.29, 0.717) is 6.23 Å². The lowest BCUT2D eigenvalue weighted by Gasteiger charge is -2.01. The van der Waals surface area contributed by atoms with Gasteiger partial charge in [0.1, 0.15) is 9.68 Å². The van der Waals surface area contributed by atoms with E-state index in [9.17, 15) is 4.79 Å². The molecule has 11 heavy (non-hydrogen) atoms. The first-order chi connectivity index (χ1) is 5.31. The molecule has 0 atom stereocenters. The van der Waals surface area contributed by atoms with Crippen LogP contribution in [0.4, 0.5) is 0 Å². The Hall–Kier alpha value is -0.219. The summed E-state index contributed by atoms with van der Waals surface area (Å²) in [5, 5.41) is 0. The maximum absolute atomic E-state index is 10.5. The van der Waals surface area contributed by atoms with Gasteiger partial charge >= 0.3 is 5.97 Å². The maximum atomic E-state index is 10.5. The highest BCUT2D eigenvalue weighted by molar-refractivity contribution is 6.52. The van der Waals surface area contributed by atoms with E-state index in [2.05, 4.69) is 15.9 Å². The molecule has 0 radical (unpaired) electrons. The molecule has 2 N–H and O–H groups in total. The highest BCUT2D eigenvalue weighted by atomic mass is 28.3. The summed E-state index contributed by atoms with van der Waals surface area (Å²) in [6.07, 6.45) is 1.76. The van der Waals surface area contributed by atoms with Gasteiger partial charge < -0.3 is 14.0 Å². The standard InChI is InChI=1S/C4H14N2O2Si3/c1-2-4(7)8-3-10-6-11-5-9/h2,5-6H,1,3,10-11H2,9H3. The number of hydrogen-bond donors (Lipinski definition) is 2. The van der Waals surface area contributed by atoms with Gasteiger partial charge in [0.05, 0.1) is 16.6 Å². The molecule has 0 aromatic heterocycles. The van der Waals surface area contributed by atoms with E-state index in [4.69, 9.17) is 4.74 Å². The number of ether oxygens (including phenoxy) is 1. The summed E-state index contributed by atoms with van der Waals surface area (Å²) in [4.78, 5) is 10.5. The van der Waals surface area contributed by atoms with Crippen molar-refractivity contribution >= 4 is 35.9 Å². The molecule has 0 aromatic carbocycles. The van der Waals surface area contributed by atoms with E-state index in [1.165, 1.54) is 6.08 Å². The Balaban J connectivity index is 3.01. The molecule has 0 aromatic rings. The fraction of sp³-hybridized carbons (Fsp3) is 0.250. The second-order valence-corrected chi connectivity index (χ2v) is 7.99. The number of carbonyl (C=O) groups excluding carboxylic acids is 1. The number of esters is 1. The molecule has 0 amide bonds. The van der Waals surface area contributed by atoms with Gasteiger partial charge in [-0.05, 0) is 0 Å². The third-order valence-electron chi connectivity index (χ3n) is 0.992. The van der Waals surface area contributed by atoms with Crippen LogP contribution < -0.4 is 9.30 Å². The lowest BCUT2D eigenvalue weighted by molar-refractivity contribution is -0.135. The van der Waals surface area contributed by atoms with Gasteiger partial charge in [-0.15, -0.1) is 0 Å². The van der Waals surface area contributed by atoms with Crippen LogP contribution in [0, 0.1) is 0 Å². The lowest BCUT2D eigenvalue weighted by Crippen LogP contribution is -2.36. The number of rotatable bonds is 6. The van der Waals surface area contributed by atoms with E-state index in [-0.39, 0.29) is 25.5 Å². The smallest absolute Gasteiger partial charge is 0.329 e. The predicted octanol–water partition coefficient (Wildman–Crippen LogP) is -3.78. The van der Waals surface area contributed by atoms with Crippen LogP contribution in [0.5, 0.6) is 0 Å². The second kappa shape index (κ2) is 7.88. The van der Waals surface area contributed by atoms with E-state index in [1.54, 1.807) is 0 Å². The summed E-state index contributed by atoms with van der Waals surface area (Å²) in [5.41, 5.74) is 0. The molecule has 0 aliphatic rings. The molecule has 0 saturated carbocycles. The summed E-state index contributed by atoms with van der Waals surface area (Å²) in [7, 11) is 0.458. The van der Waals surface area contributed by atoms with E-state index >= 15 is 0 Å². The molecule has 0 heterocycles. The zero-order valence-electron chi connectivity index (χ0n) is 6.72. The van der Waals surface area contributed by atoms with Crippen LogP contribution in [0.25, 0.3) is 0 Å². The van der Waals surface area contributed by atoms with Gasteiger partial charge in [0.15, 0.2) is 9.84 Å². The predicted molar refractivity (Wildman–Crippen MR) is 54.5 cm³/mol. The lowest BCUT2D eigenvalue weighted by atomic mass is 10.7. The summed E-state index contributed by atoms with van der Waals surface area (Å²) in [6.45, 7) is 3.30.